The van der Waals surface area contributed by atoms with Gasteiger partial charge in [-0.25, -0.2) is 4.79 Å². The maximum atomic E-state index is 13.5. The number of aliphatic hydroxyl groups is 1. The van der Waals surface area contributed by atoms with E-state index in [1.807, 2.05) is 6.92 Å². The van der Waals surface area contributed by atoms with Gasteiger partial charge < -0.3 is 43.4 Å². The summed E-state index contributed by atoms with van der Waals surface area (Å²) in [5, 5.41) is 18.3. The highest BCUT2D eigenvalue weighted by Gasteiger charge is 2.51. The first-order valence-electron chi connectivity index (χ1n) is 15.1. The van der Waals surface area contributed by atoms with Crippen molar-refractivity contribution in [2.45, 2.75) is 96.7 Å². The fourth-order valence-electron chi connectivity index (χ4n) is 4.72. The summed E-state index contributed by atoms with van der Waals surface area (Å²) in [6, 6.07) is 2.13. The van der Waals surface area contributed by atoms with Crippen molar-refractivity contribution in [1.82, 2.24) is 5.32 Å². The number of oxime groups is 1. The van der Waals surface area contributed by atoms with Crippen LogP contribution in [-0.4, -0.2) is 94.9 Å². The molecule has 0 spiro atoms. The van der Waals surface area contributed by atoms with E-state index in [1.54, 1.807) is 19.9 Å². The average Bonchev–Trinajstić information content (AvgIpc) is 3.43. The number of hydrogen-bond donors (Lipinski definition) is 2. The molecule has 16 nitrogen and oxygen atoms in total. The number of nitrogens with one attached hydrogen (secondary N) is 1. The van der Waals surface area contributed by atoms with Gasteiger partial charge in [0.25, 0.3) is 6.29 Å². The van der Waals surface area contributed by atoms with Crippen molar-refractivity contribution < 1.29 is 57.2 Å². The number of esters is 3. The summed E-state index contributed by atoms with van der Waals surface area (Å²) in [6.45, 7) is 11.9. The summed E-state index contributed by atoms with van der Waals surface area (Å²) in [5.41, 5.74) is -1.62. The molecule has 0 aromatic carbocycles. The Kier molecular flexibility index (Phi) is 13.7. The number of carbonyl (C=O) groups is 4. The number of ether oxygens (including phenoxy) is 5. The number of hydrogen-bond acceptors (Lipinski definition) is 16. The van der Waals surface area contributed by atoms with Gasteiger partial charge in [-0.2, -0.15) is 0 Å². The predicted octanol–water partition coefficient (Wildman–Crippen LogP) is 1.97. The Morgan fingerprint density at radius 3 is 2.48 bits per heavy atom. The molecule has 2 aliphatic rings. The second kappa shape index (κ2) is 17.3. The fraction of sp³-hybridized carbons (Fsp3) is 0.581. The number of amides is 1. The highest BCUT2D eigenvalue weighted by atomic mass is 32.2. The summed E-state index contributed by atoms with van der Waals surface area (Å²) >= 11 is 1.24. The summed E-state index contributed by atoms with van der Waals surface area (Å²) in [7, 11) is 0. The minimum Gasteiger partial charge on any atom is -0.489 e. The lowest BCUT2D eigenvalue weighted by Gasteiger charge is -2.41. The molecule has 0 aliphatic carbocycles. The second-order valence-electron chi connectivity index (χ2n) is 11.2. The zero-order valence-electron chi connectivity index (χ0n) is 27.6. The molecule has 1 aromatic rings. The molecule has 2 aliphatic heterocycles. The van der Waals surface area contributed by atoms with Crippen LogP contribution in [-0.2, 0) is 43.0 Å². The van der Waals surface area contributed by atoms with E-state index in [9.17, 15) is 29.1 Å². The molecule has 3 heterocycles. The Labute approximate surface area is 281 Å². The first kappa shape index (κ1) is 38.2. The van der Waals surface area contributed by atoms with Crippen LogP contribution in [0.1, 0.15) is 66.2 Å². The number of carbonyl (C=O) groups excluding carboxylic acids is 4. The van der Waals surface area contributed by atoms with Crippen LogP contribution in [0.15, 0.2) is 44.1 Å². The monoisotopic (exact) mass is 695 g/mol. The van der Waals surface area contributed by atoms with Crippen LogP contribution in [0.2, 0.25) is 0 Å². The molecule has 1 aromatic heterocycles. The molecule has 1 fully saturated rings. The molecule has 1 amide bonds. The minimum atomic E-state index is -1.67. The van der Waals surface area contributed by atoms with Crippen LogP contribution in [0.3, 0.4) is 0 Å². The Morgan fingerprint density at radius 1 is 1.17 bits per heavy atom. The van der Waals surface area contributed by atoms with E-state index < -0.39 is 78.3 Å². The van der Waals surface area contributed by atoms with E-state index in [2.05, 4.69) is 22.0 Å². The van der Waals surface area contributed by atoms with Crippen molar-refractivity contribution in [2.24, 2.45) is 10.1 Å². The number of thioether (sulfide) groups is 1. The quantitative estimate of drug-likeness (QED) is 0.0884. The van der Waals surface area contributed by atoms with Gasteiger partial charge in [0.1, 0.15) is 47.1 Å². The first-order chi connectivity index (χ1) is 22.7. The summed E-state index contributed by atoms with van der Waals surface area (Å²) in [6.07, 6.45) is -4.49. The Balaban J connectivity index is 1.78. The molecule has 2 N–H and O–H groups in total. The van der Waals surface area contributed by atoms with Gasteiger partial charge in [-0.1, -0.05) is 31.2 Å². The van der Waals surface area contributed by atoms with Crippen LogP contribution in [0.4, 0.5) is 0 Å². The number of rotatable bonds is 15. The van der Waals surface area contributed by atoms with E-state index in [0.29, 0.717) is 17.9 Å². The van der Waals surface area contributed by atoms with Crippen molar-refractivity contribution in [3.8, 4) is 5.75 Å². The van der Waals surface area contributed by atoms with Crippen LogP contribution < -0.4 is 15.7 Å². The molecule has 3 rings (SSSR count). The molecular weight excluding hydrogens is 654 g/mol. The third-order valence-electron chi connectivity index (χ3n) is 6.96. The third-order valence-corrected chi connectivity index (χ3v) is 8.32. The smallest absolute Gasteiger partial charge is 0.339 e. The number of aliphatic imine (C=N–C) groups is 1. The SMILES string of the molecule is C=CCOc1cc([C@@H](CCC)NC(=O)[C@]2(C)CSC(/C(C)=N/O[C@H]3O[C@H](COC(C)=O)[C@@H](OC(C)=O)[C@H](OC(C)=O)[C@H]3O)=N2)oc(=O)c1. The van der Waals surface area contributed by atoms with Gasteiger partial charge in [-0.05, 0) is 20.3 Å². The summed E-state index contributed by atoms with van der Waals surface area (Å²) in [4.78, 5) is 70.9. The Bertz CT molecular complexity index is 1480. The number of nitrogens with zero attached hydrogens (tertiary/aromatic N) is 2. The number of aliphatic hydroxyl groups excluding tert-OH is 1. The summed E-state index contributed by atoms with van der Waals surface area (Å²) < 4.78 is 32.1. The Hall–Kier alpha value is -4.22. The van der Waals surface area contributed by atoms with Gasteiger partial charge >= 0.3 is 23.5 Å². The minimum absolute atomic E-state index is 0.188. The highest BCUT2D eigenvalue weighted by Crippen LogP contribution is 2.32. The molecule has 17 heteroatoms. The molecule has 0 unspecified atom stereocenters. The molecule has 264 valence electrons. The van der Waals surface area contributed by atoms with Gasteiger partial charge in [-0.15, -0.1) is 11.8 Å². The van der Waals surface area contributed by atoms with Gasteiger partial charge in [0.15, 0.2) is 18.3 Å². The van der Waals surface area contributed by atoms with Gasteiger partial charge in [0.05, 0.1) is 12.1 Å². The molecule has 0 radical (unpaired) electrons. The molecule has 0 saturated carbocycles. The van der Waals surface area contributed by atoms with Crippen LogP contribution in [0, 0.1) is 0 Å². The fourth-order valence-corrected chi connectivity index (χ4v) is 5.84. The normalized spacial score (nSPS) is 26.0. The lowest BCUT2D eigenvalue weighted by molar-refractivity contribution is -0.306. The average molecular weight is 696 g/mol. The largest absolute Gasteiger partial charge is 0.489 e. The topological polar surface area (TPSA) is 211 Å². The lowest BCUT2D eigenvalue weighted by Crippen LogP contribution is -2.61. The van der Waals surface area contributed by atoms with Crippen molar-refractivity contribution >= 4 is 46.3 Å². The molecular formula is C31H41N3O13S. The van der Waals surface area contributed by atoms with Crippen LogP contribution >= 0.6 is 11.8 Å². The molecule has 0 bridgehead atoms. The molecule has 48 heavy (non-hydrogen) atoms. The zero-order valence-corrected chi connectivity index (χ0v) is 28.4. The van der Waals surface area contributed by atoms with E-state index in [0.717, 1.165) is 20.8 Å². The van der Waals surface area contributed by atoms with Crippen molar-refractivity contribution in [3.05, 3.63) is 41.0 Å². The van der Waals surface area contributed by atoms with Crippen LogP contribution in [0.25, 0.3) is 0 Å². The van der Waals surface area contributed by atoms with Crippen molar-refractivity contribution in [2.75, 3.05) is 19.0 Å². The summed E-state index contributed by atoms with van der Waals surface area (Å²) in [5.74, 6) is -1.83. The van der Waals surface area contributed by atoms with Gasteiger partial charge in [0.2, 0.25) is 5.91 Å². The lowest BCUT2D eigenvalue weighted by atomic mass is 9.98. The van der Waals surface area contributed by atoms with Crippen molar-refractivity contribution in [3.63, 3.8) is 0 Å². The molecule has 7 atom stereocenters. The van der Waals surface area contributed by atoms with Crippen LogP contribution in [0.5, 0.6) is 5.75 Å². The first-order valence-corrected chi connectivity index (χ1v) is 16.1. The van der Waals surface area contributed by atoms with E-state index in [1.165, 1.54) is 23.9 Å². The van der Waals surface area contributed by atoms with Gasteiger partial charge in [0, 0.05) is 32.6 Å². The van der Waals surface area contributed by atoms with Crippen molar-refractivity contribution in [1.29, 1.82) is 0 Å². The van der Waals surface area contributed by atoms with E-state index >= 15 is 0 Å². The second-order valence-corrected chi connectivity index (χ2v) is 12.1. The maximum absolute atomic E-state index is 13.5. The zero-order chi connectivity index (χ0) is 35.6. The maximum Gasteiger partial charge on any atom is 0.339 e. The van der Waals surface area contributed by atoms with E-state index in [-0.39, 0.29) is 29.6 Å². The third kappa shape index (κ3) is 10.4. The Morgan fingerprint density at radius 2 is 1.85 bits per heavy atom. The predicted molar refractivity (Wildman–Crippen MR) is 171 cm³/mol. The highest BCUT2D eigenvalue weighted by molar-refractivity contribution is 8.16. The van der Waals surface area contributed by atoms with E-state index in [4.69, 9.17) is 32.9 Å². The van der Waals surface area contributed by atoms with Gasteiger partial charge in [-0.3, -0.25) is 24.2 Å². The standard InChI is InChI=1S/C31H41N3O13S/c1-8-10-21(22-12-20(41-11-9-2)13-24(38)45-22)32-30(40)31(7)15-48-28(33-31)16(3)34-47-29-25(39)27(44-19(6)37)26(43-18(5)36)23(46-29)14-42-17(4)35/h9,12-13,21,23,25-27,29,39H,2,8,10-11,14-15H2,1,3-7H3,(H,32,40)/b34-16+/t21-,23-,25-,26-,27-,29-,31+/m1/s1. The molecule has 1 saturated heterocycles.